The van der Waals surface area contributed by atoms with Crippen LogP contribution in [0.2, 0.25) is 0 Å². The van der Waals surface area contributed by atoms with Gasteiger partial charge in [0, 0.05) is 27.4 Å². The first kappa shape index (κ1) is 88.6. The van der Waals surface area contributed by atoms with Crippen LogP contribution in [0.4, 0.5) is 0 Å². The molecule has 0 saturated heterocycles. The van der Waals surface area contributed by atoms with Gasteiger partial charge in [0.15, 0.2) is 0 Å². The van der Waals surface area contributed by atoms with Crippen molar-refractivity contribution in [2.24, 2.45) is 0 Å². The molecule has 1 aromatic carbocycles. The van der Waals surface area contributed by atoms with E-state index in [2.05, 4.69) is 83.1 Å². The molecule has 0 N–H and O–H groups in total. The summed E-state index contributed by atoms with van der Waals surface area (Å²) in [5, 5.41) is 20.9. The fraction of sp³-hybridized carbons (Fsp3) is 0.892. The molecule has 0 saturated carbocycles. The van der Waals surface area contributed by atoms with E-state index >= 15 is 0 Å². The predicted molar refractivity (Wildman–Crippen MR) is 384 cm³/mol. The van der Waals surface area contributed by atoms with E-state index in [1.165, 1.54) is 250 Å². The Hall–Kier alpha value is -0.640. The molecule has 85 heavy (non-hydrogen) atoms. The van der Waals surface area contributed by atoms with Crippen LogP contribution in [0, 0.1) is 0 Å². The van der Waals surface area contributed by atoms with Crippen LogP contribution in [-0.4, -0.2) is 98.9 Å². The number of carboxylic acids is 2. The third-order valence-corrected chi connectivity index (χ3v) is 34.1. The maximum atomic E-state index is 10.7. The van der Waals surface area contributed by atoms with Gasteiger partial charge in [-0.2, -0.15) is 0 Å². The number of carbonyl (C=O) groups excluding carboxylic acids is 2. The fourth-order valence-electron chi connectivity index (χ4n) is 12.2. The normalized spacial score (nSPS) is 11.8. The van der Waals surface area contributed by atoms with Crippen molar-refractivity contribution in [3.8, 4) is 0 Å². The molecule has 0 radical (unpaired) electrons. The summed E-state index contributed by atoms with van der Waals surface area (Å²) in [7, 11) is -6.93. The van der Waals surface area contributed by atoms with Gasteiger partial charge in [0.05, 0.1) is 90.8 Å². The summed E-state index contributed by atoms with van der Waals surface area (Å²) in [6.45, 7) is 28.4. The number of rotatable bonds is 57. The molecule has 0 fully saturated rings. The molecule has 0 unspecified atom stereocenters. The average molecular weight is 1270 g/mol. The highest BCUT2D eigenvalue weighted by atomic mass is 32.2. The molecule has 0 spiro atoms. The highest BCUT2D eigenvalue weighted by Gasteiger charge is 2.36. The minimum Gasteiger partial charge on any atom is -0.744 e. The highest BCUT2D eigenvalue weighted by molar-refractivity contribution is 7.85. The van der Waals surface area contributed by atoms with Crippen molar-refractivity contribution >= 4 is 43.8 Å². The van der Waals surface area contributed by atoms with Crippen molar-refractivity contribution < 1.29 is 32.8 Å². The van der Waals surface area contributed by atoms with Gasteiger partial charge in [0.1, 0.15) is 10.1 Å². The number of hydrogen-bond donors (Lipinski definition) is 0. The molecule has 1 rings (SSSR count). The van der Waals surface area contributed by atoms with Crippen LogP contribution in [0.3, 0.4) is 0 Å². The van der Waals surface area contributed by atoms with E-state index in [9.17, 15) is 32.8 Å². The third kappa shape index (κ3) is 50.7. The van der Waals surface area contributed by atoms with Gasteiger partial charge in [-0.05, 0) is 108 Å². The molecule has 0 aliphatic carbocycles. The lowest BCUT2D eigenvalue weighted by molar-refractivity contribution is -0.256. The largest absolute Gasteiger partial charge is 0.744 e. The van der Waals surface area contributed by atoms with Crippen LogP contribution in [0.1, 0.15) is 373 Å². The van der Waals surface area contributed by atoms with Crippen molar-refractivity contribution in [1.82, 2.24) is 0 Å². The molecule has 0 bridgehead atoms. The predicted octanol–water partition coefficient (Wildman–Crippen LogP) is 23.0. The summed E-state index contributed by atoms with van der Waals surface area (Å²) in [5.41, 5.74) is -1.50. The monoisotopic (exact) mass is 1270 g/mol. The number of unbranched alkanes of at least 4 members (excludes halogenated alkanes) is 30. The van der Waals surface area contributed by atoms with Crippen LogP contribution in [0.15, 0.2) is 23.1 Å². The van der Waals surface area contributed by atoms with Gasteiger partial charge in [-0.25, -0.2) is 8.42 Å². The lowest BCUT2D eigenvalue weighted by Gasteiger charge is -2.28. The lowest BCUT2D eigenvalue weighted by Crippen LogP contribution is -2.26. The molecule has 0 aliphatic rings. The Morgan fingerprint density at radius 3 is 0.659 bits per heavy atom. The Bertz CT molecular complexity index is 1540. The van der Waals surface area contributed by atoms with E-state index in [4.69, 9.17) is 0 Å². The quantitative estimate of drug-likeness (QED) is 0.0360. The van der Waals surface area contributed by atoms with E-state index in [1.54, 1.807) is 93.2 Å². The van der Waals surface area contributed by atoms with Gasteiger partial charge in [-0.3, -0.25) is 0 Å². The van der Waals surface area contributed by atoms with Crippen molar-refractivity contribution in [3.63, 3.8) is 0 Å². The van der Waals surface area contributed by atoms with Crippen molar-refractivity contribution in [1.29, 1.82) is 0 Å². The average Bonchev–Trinajstić information content (AvgIpc) is 3.67. The second-order valence-corrected chi connectivity index (χ2v) is 40.8. The zero-order chi connectivity index (χ0) is 64.2. The summed E-state index contributed by atoms with van der Waals surface area (Å²) in [6, 6.07) is 1.88. The van der Waals surface area contributed by atoms with Crippen LogP contribution in [0.5, 0.6) is 0 Å². The van der Waals surface area contributed by atoms with Crippen LogP contribution >= 0.6 is 21.8 Å². The van der Waals surface area contributed by atoms with Gasteiger partial charge in [-0.15, -0.1) is 0 Å². The van der Waals surface area contributed by atoms with Crippen LogP contribution < -0.4 is 10.2 Å². The fourth-order valence-corrected chi connectivity index (χ4v) is 28.5. The van der Waals surface area contributed by atoms with Crippen molar-refractivity contribution in [2.45, 2.75) is 358 Å². The molecule has 0 heterocycles. The number of hydrogen-bond acceptors (Lipinski definition) is 7. The first-order chi connectivity index (χ1) is 41.0. The summed E-state index contributed by atoms with van der Waals surface area (Å²) in [4.78, 5) is 19.7. The van der Waals surface area contributed by atoms with Crippen LogP contribution in [0.25, 0.3) is 0 Å². The Balaban J connectivity index is -0.00000106. The molecule has 0 atom stereocenters. The van der Waals surface area contributed by atoms with E-state index in [0.29, 0.717) is 12.1 Å². The minimum absolute atomic E-state index is 0.419. The summed E-state index contributed by atoms with van der Waals surface area (Å²) < 4.78 is 32.0. The summed E-state index contributed by atoms with van der Waals surface area (Å²) in [6.07, 6.45) is 80.9. The Morgan fingerprint density at radius 2 is 0.482 bits per heavy atom. The minimum atomic E-state index is -5.10. The van der Waals surface area contributed by atoms with E-state index in [-0.39, 0.29) is 0 Å². The van der Waals surface area contributed by atoms with Gasteiger partial charge in [0.25, 0.3) is 0 Å². The maximum Gasteiger partial charge on any atom is 0.125 e. The molecule has 7 nitrogen and oxygen atoms in total. The number of carboxylic acid groups (broad SMARTS) is 2. The molecule has 11 heteroatoms. The Labute approximate surface area is 534 Å². The van der Waals surface area contributed by atoms with Gasteiger partial charge in [0.2, 0.25) is 0 Å². The first-order valence-electron chi connectivity index (χ1n) is 37.0. The second kappa shape index (κ2) is 62.2. The Kier molecular flexibility index (Phi) is 64.8. The standard InChI is InChI=1S/3C22H48P.C8H6O7S/c3*1-5-9-13-14-15-16-17-18-22-23(19-10-6-2,20-11-7-3)21-12-8-4;9-7(10)4-1-2-5(8(11)12)6(3-4)16(13,14)15/h3*5-22H2,1-4H3;1-3H,(H,9,10)(H,11,12)(H,13,14,15)/q3*+1;/p-3. The second-order valence-electron chi connectivity index (χ2n) is 26.1. The Morgan fingerprint density at radius 1 is 0.294 bits per heavy atom. The molecular weight excluding hydrogens is 1130 g/mol. The molecule has 0 aliphatic heterocycles. The zero-order valence-corrected chi connectivity index (χ0v) is 62.5. The van der Waals surface area contributed by atoms with E-state index in [0.717, 1.165) is 6.07 Å². The molecule has 0 amide bonds. The smallest absolute Gasteiger partial charge is 0.125 e. The first-order valence-corrected chi connectivity index (χ1v) is 46.0. The summed E-state index contributed by atoms with van der Waals surface area (Å²) in [5.74, 6) is -3.62. The van der Waals surface area contributed by atoms with Gasteiger partial charge in [-0.1, -0.05) is 269 Å². The van der Waals surface area contributed by atoms with Crippen molar-refractivity contribution in [2.75, 3.05) is 73.9 Å². The molecule has 0 aromatic heterocycles. The lowest BCUT2D eigenvalue weighted by atomic mass is 10.1. The zero-order valence-electron chi connectivity index (χ0n) is 59.0. The number of aromatic carboxylic acids is 2. The van der Waals surface area contributed by atoms with Crippen molar-refractivity contribution in [3.05, 3.63) is 29.3 Å². The van der Waals surface area contributed by atoms with Gasteiger partial charge < -0.3 is 24.4 Å². The third-order valence-electron chi connectivity index (χ3n) is 18.0. The SMILES string of the molecule is CCCCCCCCCC[P+](CCCC)(CCCC)CCCC.CCCCCCCCCC[P+](CCCC)(CCCC)CCCC.CCCCCCCCCC[P+](CCCC)(CCCC)CCCC.O=C([O-])c1ccc(C(=O)[O-])c(S(=O)(=O)[O-])c1. The molecule has 506 valence electrons. The molecule has 1 aromatic rings. The van der Waals surface area contributed by atoms with Crippen LogP contribution in [-0.2, 0) is 10.1 Å². The van der Waals surface area contributed by atoms with E-state index < -0.39 is 59.9 Å². The topological polar surface area (TPSA) is 137 Å². The van der Waals surface area contributed by atoms with E-state index in [1.807, 2.05) is 0 Å². The number of carbonyl (C=O) groups is 2. The summed E-state index contributed by atoms with van der Waals surface area (Å²) >= 11 is 0. The highest BCUT2D eigenvalue weighted by Crippen LogP contribution is 2.63. The maximum absolute atomic E-state index is 10.7. The number of benzene rings is 1. The molecular formula is C74H147O7P3S. The van der Waals surface area contributed by atoms with Gasteiger partial charge >= 0.3 is 0 Å².